The van der Waals surface area contributed by atoms with E-state index in [-0.39, 0.29) is 5.91 Å². The summed E-state index contributed by atoms with van der Waals surface area (Å²) in [5.41, 5.74) is 5.30. The Morgan fingerprint density at radius 1 is 0.818 bits per heavy atom. The fraction of sp³-hybridized carbons (Fsp3) is 0.148. The zero-order valence-electron chi connectivity index (χ0n) is 17.8. The number of thiophene rings is 2. The number of amides is 1. The average molecular weight is 468 g/mol. The van der Waals surface area contributed by atoms with Crippen LogP contribution < -0.4 is 0 Å². The van der Waals surface area contributed by atoms with Crippen LogP contribution in [0.15, 0.2) is 83.6 Å². The lowest BCUT2D eigenvalue weighted by Crippen LogP contribution is -2.28. The van der Waals surface area contributed by atoms with Gasteiger partial charge in [-0.1, -0.05) is 42.5 Å². The molecule has 0 bridgehead atoms. The van der Waals surface area contributed by atoms with Crippen molar-refractivity contribution < 1.29 is 4.79 Å². The number of aromatic nitrogens is 2. The lowest BCUT2D eigenvalue weighted by atomic mass is 9.99. The highest BCUT2D eigenvalue weighted by Gasteiger charge is 2.28. The standard InChI is InChI=1S/C27H21N3OS2/c31-27(30-13-12-20(17-30)18-6-2-1-3-7-18)19-10-11-21-22(16-19)29-26(24-9-5-15-33-24)25(28-21)23-8-4-14-32-23/h1-11,14-16,20H,12-13,17H2/t20-/m1/s1. The van der Waals surface area contributed by atoms with Crippen molar-refractivity contribution in [3.05, 3.63) is 94.7 Å². The Labute approximate surface area is 200 Å². The number of benzene rings is 2. The van der Waals surface area contributed by atoms with Crippen molar-refractivity contribution in [2.24, 2.45) is 0 Å². The van der Waals surface area contributed by atoms with E-state index >= 15 is 0 Å². The molecule has 6 heteroatoms. The minimum Gasteiger partial charge on any atom is -0.338 e. The van der Waals surface area contributed by atoms with Gasteiger partial charge in [-0.25, -0.2) is 9.97 Å². The minimum absolute atomic E-state index is 0.0668. The molecule has 0 saturated carbocycles. The minimum atomic E-state index is 0.0668. The molecule has 1 saturated heterocycles. The summed E-state index contributed by atoms with van der Waals surface area (Å²) in [7, 11) is 0. The molecule has 0 unspecified atom stereocenters. The first-order chi connectivity index (χ1) is 16.3. The zero-order valence-corrected chi connectivity index (χ0v) is 19.5. The van der Waals surface area contributed by atoms with E-state index in [9.17, 15) is 4.79 Å². The number of fused-ring (bicyclic) bond motifs is 1. The van der Waals surface area contributed by atoms with E-state index in [4.69, 9.17) is 9.97 Å². The molecule has 4 nitrogen and oxygen atoms in total. The molecule has 0 spiro atoms. The summed E-state index contributed by atoms with van der Waals surface area (Å²) in [4.78, 5) is 27.4. The van der Waals surface area contributed by atoms with Crippen LogP contribution in [0.4, 0.5) is 0 Å². The Kier molecular flexibility index (Phi) is 5.24. The van der Waals surface area contributed by atoms with E-state index in [1.807, 2.05) is 41.3 Å². The molecular weight excluding hydrogens is 446 g/mol. The van der Waals surface area contributed by atoms with Gasteiger partial charge in [0.05, 0.1) is 20.8 Å². The van der Waals surface area contributed by atoms with Crippen molar-refractivity contribution in [3.63, 3.8) is 0 Å². The number of hydrogen-bond donors (Lipinski definition) is 0. The molecule has 1 aliphatic heterocycles. The summed E-state index contributed by atoms with van der Waals surface area (Å²) in [5.74, 6) is 0.464. The number of likely N-dealkylation sites (tertiary alicyclic amines) is 1. The second kappa shape index (κ2) is 8.54. The molecule has 4 heterocycles. The molecule has 1 amide bonds. The van der Waals surface area contributed by atoms with E-state index in [1.165, 1.54) is 5.56 Å². The van der Waals surface area contributed by atoms with Gasteiger partial charge < -0.3 is 4.90 Å². The lowest BCUT2D eigenvalue weighted by molar-refractivity contribution is 0.0791. The fourth-order valence-corrected chi connectivity index (χ4v) is 5.91. The maximum Gasteiger partial charge on any atom is 0.253 e. The van der Waals surface area contributed by atoms with Gasteiger partial charge in [0.25, 0.3) is 5.91 Å². The van der Waals surface area contributed by atoms with Crippen molar-refractivity contribution in [2.75, 3.05) is 13.1 Å². The molecule has 0 N–H and O–H groups in total. The third kappa shape index (κ3) is 3.86. The van der Waals surface area contributed by atoms with Crippen LogP contribution in [0.1, 0.15) is 28.3 Å². The van der Waals surface area contributed by atoms with Crippen LogP contribution in [0.2, 0.25) is 0 Å². The highest BCUT2D eigenvalue weighted by molar-refractivity contribution is 7.14. The van der Waals surface area contributed by atoms with Gasteiger partial charge in [0.1, 0.15) is 11.4 Å². The smallest absolute Gasteiger partial charge is 0.253 e. The van der Waals surface area contributed by atoms with Crippen LogP contribution in [-0.4, -0.2) is 33.9 Å². The van der Waals surface area contributed by atoms with Gasteiger partial charge in [0, 0.05) is 24.6 Å². The van der Waals surface area contributed by atoms with Crippen LogP contribution in [0.5, 0.6) is 0 Å². The third-order valence-electron chi connectivity index (χ3n) is 6.17. The second-order valence-corrected chi connectivity index (χ2v) is 10.1. The lowest BCUT2D eigenvalue weighted by Gasteiger charge is -2.17. The Morgan fingerprint density at radius 3 is 2.18 bits per heavy atom. The number of rotatable bonds is 4. The Morgan fingerprint density at radius 2 is 1.52 bits per heavy atom. The van der Waals surface area contributed by atoms with Crippen molar-refractivity contribution in [2.45, 2.75) is 12.3 Å². The highest BCUT2D eigenvalue weighted by Crippen LogP contribution is 2.36. The van der Waals surface area contributed by atoms with Gasteiger partial charge in [-0.3, -0.25) is 4.79 Å². The van der Waals surface area contributed by atoms with Crippen molar-refractivity contribution in [3.8, 4) is 21.1 Å². The summed E-state index contributed by atoms with van der Waals surface area (Å²) < 4.78 is 0. The molecule has 1 atom stereocenters. The molecule has 33 heavy (non-hydrogen) atoms. The number of hydrogen-bond acceptors (Lipinski definition) is 5. The van der Waals surface area contributed by atoms with Crippen molar-refractivity contribution >= 4 is 39.6 Å². The molecule has 0 aliphatic carbocycles. The van der Waals surface area contributed by atoms with Gasteiger partial charge in [-0.15, -0.1) is 22.7 Å². The second-order valence-electron chi connectivity index (χ2n) is 8.23. The highest BCUT2D eigenvalue weighted by atomic mass is 32.1. The number of carbonyl (C=O) groups is 1. The maximum absolute atomic E-state index is 13.3. The van der Waals surface area contributed by atoms with Crippen LogP contribution in [0.3, 0.4) is 0 Å². The van der Waals surface area contributed by atoms with Gasteiger partial charge in [0.15, 0.2) is 0 Å². The molecule has 6 rings (SSSR count). The first-order valence-electron chi connectivity index (χ1n) is 11.0. The van der Waals surface area contributed by atoms with Gasteiger partial charge in [-0.2, -0.15) is 0 Å². The van der Waals surface area contributed by atoms with Crippen molar-refractivity contribution in [1.29, 1.82) is 0 Å². The first-order valence-corrected chi connectivity index (χ1v) is 12.8. The quantitative estimate of drug-likeness (QED) is 0.295. The van der Waals surface area contributed by atoms with Crippen LogP contribution in [0, 0.1) is 0 Å². The molecule has 2 aromatic carbocycles. The van der Waals surface area contributed by atoms with E-state index in [0.717, 1.165) is 51.7 Å². The molecule has 0 radical (unpaired) electrons. The fourth-order valence-electron chi connectivity index (χ4n) is 4.48. The monoisotopic (exact) mass is 467 g/mol. The SMILES string of the molecule is O=C(c1ccc2nc(-c3cccs3)c(-c3cccs3)nc2c1)N1CC[C@@H](c2ccccc2)C1. The maximum atomic E-state index is 13.3. The molecule has 3 aromatic heterocycles. The first kappa shape index (κ1) is 20.3. The summed E-state index contributed by atoms with van der Waals surface area (Å²) in [6, 6.07) is 24.4. The van der Waals surface area contributed by atoms with Gasteiger partial charge in [0.2, 0.25) is 0 Å². The topological polar surface area (TPSA) is 46.1 Å². The van der Waals surface area contributed by atoms with Crippen molar-refractivity contribution in [1.82, 2.24) is 14.9 Å². The van der Waals surface area contributed by atoms with E-state index in [1.54, 1.807) is 22.7 Å². The number of nitrogens with zero attached hydrogens (tertiary/aromatic N) is 3. The van der Waals surface area contributed by atoms with Gasteiger partial charge in [-0.05, 0) is 53.1 Å². The molecule has 1 fully saturated rings. The summed E-state index contributed by atoms with van der Waals surface area (Å²) in [5, 5.41) is 4.11. The van der Waals surface area contributed by atoms with E-state index in [2.05, 4.69) is 47.2 Å². The summed E-state index contributed by atoms with van der Waals surface area (Å²) >= 11 is 3.31. The predicted octanol–water partition coefficient (Wildman–Crippen LogP) is 6.72. The summed E-state index contributed by atoms with van der Waals surface area (Å²) in [6.45, 7) is 1.53. The van der Waals surface area contributed by atoms with Crippen LogP contribution in [-0.2, 0) is 0 Å². The van der Waals surface area contributed by atoms with Crippen LogP contribution >= 0.6 is 22.7 Å². The Bertz CT molecular complexity index is 1410. The summed E-state index contributed by atoms with van der Waals surface area (Å²) in [6.07, 6.45) is 0.996. The third-order valence-corrected chi connectivity index (χ3v) is 7.92. The molecular formula is C27H21N3OS2. The Balaban J connectivity index is 1.34. The van der Waals surface area contributed by atoms with Gasteiger partial charge >= 0.3 is 0 Å². The Hall–Kier alpha value is -3.35. The van der Waals surface area contributed by atoms with Crippen LogP contribution in [0.25, 0.3) is 32.2 Å². The normalized spacial score (nSPS) is 15.9. The predicted molar refractivity (Wildman–Crippen MR) is 136 cm³/mol. The zero-order chi connectivity index (χ0) is 22.2. The van der Waals surface area contributed by atoms with E-state index < -0.39 is 0 Å². The number of carbonyl (C=O) groups excluding carboxylic acids is 1. The van der Waals surface area contributed by atoms with E-state index in [0.29, 0.717) is 11.5 Å². The average Bonchev–Trinajstić information content (AvgIpc) is 3.65. The molecule has 5 aromatic rings. The molecule has 162 valence electrons. The largest absolute Gasteiger partial charge is 0.338 e. The molecule has 1 aliphatic rings.